The van der Waals surface area contributed by atoms with Gasteiger partial charge in [-0.1, -0.05) is 178 Å². The summed E-state index contributed by atoms with van der Waals surface area (Å²) in [6.07, 6.45) is 34.6. The van der Waals surface area contributed by atoms with Crippen LogP contribution in [0.5, 0.6) is 0 Å². The van der Waals surface area contributed by atoms with Crippen LogP contribution in [0.25, 0.3) is 23.1 Å². The first-order chi connectivity index (χ1) is 35.9. The second-order valence-corrected chi connectivity index (χ2v) is 19.6. The van der Waals surface area contributed by atoms with Gasteiger partial charge < -0.3 is 9.80 Å². The van der Waals surface area contributed by atoms with Crippen molar-refractivity contribution < 1.29 is 9.14 Å². The van der Waals surface area contributed by atoms with Crippen molar-refractivity contribution in [3.63, 3.8) is 0 Å². The Morgan fingerprint density at radius 2 is 1.04 bits per heavy atom. The predicted molar refractivity (Wildman–Crippen MR) is 327 cm³/mol. The highest BCUT2D eigenvalue weighted by Crippen LogP contribution is 2.47. The Kier molecular flexibility index (Phi) is 21.6. The normalized spacial score (nSPS) is 19.0. The molecular weight excluding hydrogens is 897 g/mol. The van der Waals surface area contributed by atoms with Crippen LogP contribution >= 0.6 is 0 Å². The molecule has 4 nitrogen and oxygen atoms in total. The fraction of sp³-hybridized carbons (Fsp3) is 0.343. The second kappa shape index (κ2) is 27.5. The lowest BCUT2D eigenvalue weighted by molar-refractivity contribution is -0.646. The van der Waals surface area contributed by atoms with Crippen LogP contribution in [-0.4, -0.2) is 31.4 Å². The van der Waals surface area contributed by atoms with E-state index in [0.717, 1.165) is 25.7 Å². The molecule has 0 saturated heterocycles. The number of allylic oxidation sites excluding steroid dienone is 15. The zero-order chi connectivity index (χ0) is 54.0. The molecule has 0 atom stereocenters. The maximum absolute atomic E-state index is 2.40. The summed E-state index contributed by atoms with van der Waals surface area (Å²) in [7, 11) is 8.66. The molecule has 3 aliphatic heterocycles. The molecule has 4 heterocycles. The van der Waals surface area contributed by atoms with Gasteiger partial charge in [0.25, 0.3) is 0 Å². The van der Waals surface area contributed by atoms with E-state index in [2.05, 4.69) is 257 Å². The molecular formula is C70H90N4+2. The lowest BCUT2D eigenvalue weighted by Crippen LogP contribution is -2.32. The number of hydrogen-bond acceptors (Lipinski definition) is 2. The minimum Gasteiger partial charge on any atom is -0.347 e. The smallest absolute Gasteiger partial charge is 0.212 e. The standard InChI is InChI=1S/C32H37N2.C30H29N2.4C2H6/c1-31(2)25-14-7-9-16-27(25)33(5)29(31)20-18-23-12-11-13-24(22-23)19-21-30-32(3,4)26-15-8-10-17-28(26)34(30)6;1-31-27(20-16-25-10-3-5-12-29(25)31)18-14-23-8-7-9-24(22-23)15-19-28-21-17-26-11-4-6-13-30(26)32(28)2;4*1-2/h7-10,14-22H,11-13H2,1-6H3;3-6,10-22H,7-9H2,1-2H3;4*1-2H3/q2*+1;;;;. The molecule has 0 unspecified atom stereocenters. The van der Waals surface area contributed by atoms with Crippen LogP contribution in [0.1, 0.15) is 144 Å². The van der Waals surface area contributed by atoms with E-state index < -0.39 is 0 Å². The van der Waals surface area contributed by atoms with Crippen LogP contribution in [0, 0.1) is 0 Å². The maximum atomic E-state index is 2.40. The molecule has 4 aromatic carbocycles. The minimum atomic E-state index is 0.0216. The van der Waals surface area contributed by atoms with Crippen LogP contribution in [0.2, 0.25) is 0 Å². The third-order valence-electron chi connectivity index (χ3n) is 14.6. The van der Waals surface area contributed by atoms with Crippen molar-refractivity contribution in [3.8, 4) is 0 Å². The molecule has 4 heteroatoms. The number of likely N-dealkylation sites (N-methyl/N-ethyl adjacent to an activating group) is 2. The molecule has 10 rings (SSSR count). The number of pyridine rings is 1. The average molecular weight is 988 g/mol. The second-order valence-electron chi connectivity index (χ2n) is 19.6. The SMILES string of the molecule is CC.CC.CC.CC.CN1/C(=C/C=C2C=C(/C=C/C3=[N+](C)c4ccccc4C3(C)C)CCC/2)C(C)(C)c2ccccc21.CN1/C(=C/C=C2C=C(/C=C/c3ccc4ccccc4[n+]3C)CCC/2)C=Cc2ccccc21. The Labute approximate surface area is 449 Å². The first kappa shape index (κ1) is 58.1. The van der Waals surface area contributed by atoms with Crippen molar-refractivity contribution in [3.05, 3.63) is 226 Å². The molecule has 388 valence electrons. The quantitative estimate of drug-likeness (QED) is 0.157. The van der Waals surface area contributed by atoms with Gasteiger partial charge in [0, 0.05) is 83.6 Å². The van der Waals surface area contributed by atoms with Crippen LogP contribution in [-0.2, 0) is 17.9 Å². The molecule has 0 bridgehead atoms. The first-order valence-electron chi connectivity index (χ1n) is 27.9. The highest BCUT2D eigenvalue weighted by Gasteiger charge is 2.42. The summed E-state index contributed by atoms with van der Waals surface area (Å²) in [5, 5.41) is 1.27. The summed E-state index contributed by atoms with van der Waals surface area (Å²) >= 11 is 0. The van der Waals surface area contributed by atoms with Crippen molar-refractivity contribution in [2.24, 2.45) is 7.05 Å². The summed E-state index contributed by atoms with van der Waals surface area (Å²) in [6, 6.07) is 39.0. The Hall–Kier alpha value is -6.78. The number of aryl methyl sites for hydroxylation is 1. The van der Waals surface area contributed by atoms with Gasteiger partial charge in [-0.05, 0) is 128 Å². The van der Waals surface area contributed by atoms with E-state index in [4.69, 9.17) is 0 Å². The Balaban J connectivity index is 0.000000242. The zero-order valence-corrected chi connectivity index (χ0v) is 48.4. The van der Waals surface area contributed by atoms with Crippen molar-refractivity contribution in [2.45, 2.75) is 132 Å². The Bertz CT molecular complexity index is 3020. The Morgan fingerprint density at radius 3 is 1.69 bits per heavy atom. The van der Waals surface area contributed by atoms with Crippen molar-refractivity contribution in [1.82, 2.24) is 0 Å². The first-order valence-corrected chi connectivity index (χ1v) is 27.9. The zero-order valence-electron chi connectivity index (χ0n) is 48.4. The van der Waals surface area contributed by atoms with Crippen LogP contribution in [0.3, 0.4) is 0 Å². The molecule has 0 N–H and O–H groups in total. The van der Waals surface area contributed by atoms with E-state index in [1.807, 2.05) is 55.4 Å². The number of anilines is 2. The Morgan fingerprint density at radius 1 is 0.486 bits per heavy atom. The van der Waals surface area contributed by atoms with E-state index in [9.17, 15) is 0 Å². The van der Waals surface area contributed by atoms with E-state index in [1.165, 1.54) is 103 Å². The summed E-state index contributed by atoms with van der Waals surface area (Å²) in [4.78, 5) is 4.62. The van der Waals surface area contributed by atoms with Gasteiger partial charge in [0.1, 0.15) is 14.1 Å². The predicted octanol–water partition coefficient (Wildman–Crippen LogP) is 18.5. The summed E-state index contributed by atoms with van der Waals surface area (Å²) in [5.41, 5.74) is 20.1. The fourth-order valence-corrected chi connectivity index (χ4v) is 10.7. The number of rotatable bonds is 6. The number of nitrogens with zero attached hydrogens (tertiary/aromatic N) is 4. The molecule has 0 spiro atoms. The lowest BCUT2D eigenvalue weighted by Gasteiger charge is -2.26. The molecule has 0 amide bonds. The maximum Gasteiger partial charge on any atom is 0.212 e. The monoisotopic (exact) mass is 987 g/mol. The van der Waals surface area contributed by atoms with Gasteiger partial charge in [0.2, 0.25) is 16.9 Å². The molecule has 0 fully saturated rings. The highest BCUT2D eigenvalue weighted by atomic mass is 15.2. The summed E-state index contributed by atoms with van der Waals surface area (Å²) in [5.74, 6) is 0. The van der Waals surface area contributed by atoms with Crippen LogP contribution in [0.4, 0.5) is 17.1 Å². The summed E-state index contributed by atoms with van der Waals surface area (Å²) in [6.45, 7) is 25.3. The molecule has 5 aliphatic rings. The van der Waals surface area contributed by atoms with E-state index in [1.54, 1.807) is 0 Å². The van der Waals surface area contributed by atoms with Crippen molar-refractivity contribution in [2.75, 3.05) is 30.9 Å². The molecule has 2 aliphatic carbocycles. The highest BCUT2D eigenvalue weighted by molar-refractivity contribution is 6.03. The van der Waals surface area contributed by atoms with E-state index in [-0.39, 0.29) is 10.8 Å². The summed E-state index contributed by atoms with van der Waals surface area (Å²) < 4.78 is 4.62. The number of fused-ring (bicyclic) bond motifs is 4. The van der Waals surface area contributed by atoms with Crippen LogP contribution < -0.4 is 14.4 Å². The van der Waals surface area contributed by atoms with E-state index in [0.29, 0.717) is 0 Å². The number of aromatic nitrogens is 1. The average Bonchev–Trinajstić information content (AvgIpc) is 3.77. The third-order valence-corrected chi connectivity index (χ3v) is 14.6. The molecule has 74 heavy (non-hydrogen) atoms. The van der Waals surface area contributed by atoms with Gasteiger partial charge in [-0.15, -0.1) is 0 Å². The van der Waals surface area contributed by atoms with E-state index >= 15 is 0 Å². The van der Waals surface area contributed by atoms with Crippen LogP contribution in [0.15, 0.2) is 204 Å². The van der Waals surface area contributed by atoms with Gasteiger partial charge in [-0.25, -0.2) is 0 Å². The number of benzene rings is 4. The molecule has 1 aromatic heterocycles. The van der Waals surface area contributed by atoms with Gasteiger partial charge in [-0.2, -0.15) is 9.14 Å². The topological polar surface area (TPSA) is 13.4 Å². The van der Waals surface area contributed by atoms with Gasteiger partial charge in [-0.3, -0.25) is 0 Å². The van der Waals surface area contributed by atoms with Crippen molar-refractivity contribution in [1.29, 1.82) is 0 Å². The fourth-order valence-electron chi connectivity index (χ4n) is 10.7. The molecule has 5 aromatic rings. The largest absolute Gasteiger partial charge is 0.347 e. The van der Waals surface area contributed by atoms with Gasteiger partial charge >= 0.3 is 0 Å². The van der Waals surface area contributed by atoms with Crippen molar-refractivity contribution >= 4 is 45.8 Å². The lowest BCUT2D eigenvalue weighted by atomic mass is 9.81. The molecule has 0 radical (unpaired) electrons. The third kappa shape index (κ3) is 13.1. The van der Waals surface area contributed by atoms with Gasteiger partial charge in [0.05, 0.1) is 5.41 Å². The van der Waals surface area contributed by atoms with Gasteiger partial charge in [0.15, 0.2) is 5.71 Å². The number of para-hydroxylation sites is 4. The number of hydrogen-bond donors (Lipinski definition) is 0. The minimum absolute atomic E-state index is 0.0216. The molecule has 0 saturated carbocycles.